The lowest BCUT2D eigenvalue weighted by molar-refractivity contribution is -0.141. The number of ether oxygens (including phenoxy) is 1. The van der Waals surface area contributed by atoms with Crippen molar-refractivity contribution in [1.29, 1.82) is 0 Å². The molecule has 0 heterocycles. The Balaban J connectivity index is 2.64. The van der Waals surface area contributed by atoms with E-state index in [9.17, 15) is 13.2 Å². The quantitative estimate of drug-likeness (QED) is 0.712. The van der Waals surface area contributed by atoms with Crippen molar-refractivity contribution in [3.05, 3.63) is 24.3 Å². The minimum absolute atomic E-state index is 0.113. The van der Waals surface area contributed by atoms with E-state index in [1.54, 1.807) is 19.1 Å². The first-order valence-corrected chi connectivity index (χ1v) is 8.32. The molecule has 7 heteroatoms. The standard InChI is InChI=1S/C14H22N2O4S/c1-4-20-14(17)10-16-21(18,19)13-7-5-12(6-8-13)15-9-11(2)3/h5-8,11,15-16H,4,9-10H2,1-3H3. The highest BCUT2D eigenvalue weighted by Gasteiger charge is 2.15. The largest absolute Gasteiger partial charge is 0.465 e. The zero-order valence-electron chi connectivity index (χ0n) is 12.5. The molecule has 1 rings (SSSR count). The summed E-state index contributed by atoms with van der Waals surface area (Å²) in [6.45, 7) is 6.50. The van der Waals surface area contributed by atoms with Crippen molar-refractivity contribution in [3.63, 3.8) is 0 Å². The summed E-state index contributed by atoms with van der Waals surface area (Å²) < 4.78 is 30.8. The third-order valence-electron chi connectivity index (χ3n) is 2.59. The second-order valence-corrected chi connectivity index (χ2v) is 6.70. The number of rotatable bonds is 8. The average molecular weight is 314 g/mol. The van der Waals surface area contributed by atoms with Crippen LogP contribution >= 0.6 is 0 Å². The molecule has 0 bridgehead atoms. The van der Waals surface area contributed by atoms with Gasteiger partial charge in [0.15, 0.2) is 0 Å². The Kier molecular flexibility index (Phi) is 6.64. The summed E-state index contributed by atoms with van der Waals surface area (Å²) in [6.07, 6.45) is 0. The van der Waals surface area contributed by atoms with E-state index in [0.717, 1.165) is 12.2 Å². The summed E-state index contributed by atoms with van der Waals surface area (Å²) >= 11 is 0. The maximum atomic E-state index is 12.0. The molecule has 0 spiro atoms. The van der Waals surface area contributed by atoms with Crippen molar-refractivity contribution in [1.82, 2.24) is 4.72 Å². The first-order valence-electron chi connectivity index (χ1n) is 6.84. The molecule has 6 nitrogen and oxygen atoms in total. The third-order valence-corrected chi connectivity index (χ3v) is 4.01. The lowest BCUT2D eigenvalue weighted by Gasteiger charge is -2.10. The highest BCUT2D eigenvalue weighted by Crippen LogP contribution is 2.14. The highest BCUT2D eigenvalue weighted by molar-refractivity contribution is 7.89. The normalized spacial score (nSPS) is 11.4. The van der Waals surface area contributed by atoms with Gasteiger partial charge in [0.25, 0.3) is 0 Å². The van der Waals surface area contributed by atoms with Crippen molar-refractivity contribution < 1.29 is 17.9 Å². The van der Waals surface area contributed by atoms with E-state index in [1.807, 2.05) is 0 Å². The highest BCUT2D eigenvalue weighted by atomic mass is 32.2. The summed E-state index contributed by atoms with van der Waals surface area (Å²) in [5.74, 6) is -0.101. The third kappa shape index (κ3) is 6.14. The van der Waals surface area contributed by atoms with E-state index >= 15 is 0 Å². The first kappa shape index (κ1) is 17.5. The first-order chi connectivity index (χ1) is 9.85. The van der Waals surface area contributed by atoms with Crippen molar-refractivity contribution in [2.75, 3.05) is 25.0 Å². The van der Waals surface area contributed by atoms with Crippen molar-refractivity contribution in [2.45, 2.75) is 25.7 Å². The molecule has 0 radical (unpaired) electrons. The van der Waals surface area contributed by atoms with Crippen molar-refractivity contribution in [2.24, 2.45) is 5.92 Å². The smallest absolute Gasteiger partial charge is 0.321 e. The van der Waals surface area contributed by atoms with Crippen LogP contribution in [0, 0.1) is 5.92 Å². The van der Waals surface area contributed by atoms with E-state index < -0.39 is 16.0 Å². The number of carbonyl (C=O) groups excluding carboxylic acids is 1. The summed E-state index contributed by atoms with van der Waals surface area (Å²) in [7, 11) is -3.70. The number of benzene rings is 1. The predicted molar refractivity (Wildman–Crippen MR) is 81.6 cm³/mol. The van der Waals surface area contributed by atoms with Crippen LogP contribution in [0.2, 0.25) is 0 Å². The van der Waals surface area contributed by atoms with Gasteiger partial charge in [-0.05, 0) is 37.1 Å². The maximum absolute atomic E-state index is 12.0. The Morgan fingerprint density at radius 3 is 2.38 bits per heavy atom. The number of anilines is 1. The molecule has 0 aliphatic rings. The van der Waals surface area contributed by atoms with Gasteiger partial charge in [0.05, 0.1) is 11.5 Å². The molecule has 0 aromatic heterocycles. The Labute approximate surface area is 125 Å². The predicted octanol–water partition coefficient (Wildman–Crippen LogP) is 1.60. The lowest BCUT2D eigenvalue weighted by Crippen LogP contribution is -2.30. The molecule has 2 N–H and O–H groups in total. The Bertz CT molecular complexity index is 553. The van der Waals surface area contributed by atoms with Crippen molar-refractivity contribution in [3.8, 4) is 0 Å². The Morgan fingerprint density at radius 1 is 1.24 bits per heavy atom. The molecule has 0 fully saturated rings. The fraction of sp³-hybridized carbons (Fsp3) is 0.500. The number of hydrogen-bond donors (Lipinski definition) is 2. The number of nitrogens with one attached hydrogen (secondary N) is 2. The molecule has 0 amide bonds. The van der Waals surface area contributed by atoms with Crippen LogP contribution in [0.15, 0.2) is 29.2 Å². The molecule has 0 saturated heterocycles. The monoisotopic (exact) mass is 314 g/mol. The molecule has 0 aliphatic heterocycles. The van der Waals surface area contributed by atoms with Gasteiger partial charge in [-0.2, -0.15) is 4.72 Å². The van der Waals surface area contributed by atoms with Gasteiger partial charge in [0.2, 0.25) is 10.0 Å². The molecule has 0 atom stereocenters. The molecular weight excluding hydrogens is 292 g/mol. The second kappa shape index (κ2) is 7.99. The number of hydrogen-bond acceptors (Lipinski definition) is 5. The topological polar surface area (TPSA) is 84.5 Å². The maximum Gasteiger partial charge on any atom is 0.321 e. The summed E-state index contributed by atoms with van der Waals surface area (Å²) in [5, 5.41) is 3.20. The van der Waals surface area contributed by atoms with Crippen LogP contribution in [0.1, 0.15) is 20.8 Å². The molecule has 21 heavy (non-hydrogen) atoms. The Hall–Kier alpha value is -1.60. The SMILES string of the molecule is CCOC(=O)CNS(=O)(=O)c1ccc(NCC(C)C)cc1. The molecule has 0 aliphatic carbocycles. The van der Waals surface area contributed by atoms with E-state index in [-0.39, 0.29) is 18.0 Å². The van der Waals surface area contributed by atoms with E-state index in [2.05, 4.69) is 28.6 Å². The van der Waals surface area contributed by atoms with E-state index in [4.69, 9.17) is 0 Å². The summed E-state index contributed by atoms with van der Waals surface area (Å²) in [5.41, 5.74) is 0.855. The van der Waals surface area contributed by atoms with Crippen LogP contribution in [0.5, 0.6) is 0 Å². The van der Waals surface area contributed by atoms with Crippen LogP contribution in [0.4, 0.5) is 5.69 Å². The van der Waals surface area contributed by atoms with Gasteiger partial charge in [0, 0.05) is 12.2 Å². The molecular formula is C14H22N2O4S. The molecule has 118 valence electrons. The van der Waals surface area contributed by atoms with Gasteiger partial charge in [0.1, 0.15) is 6.54 Å². The summed E-state index contributed by atoms with van der Waals surface area (Å²) in [4.78, 5) is 11.3. The summed E-state index contributed by atoms with van der Waals surface area (Å²) in [6, 6.07) is 6.38. The minimum Gasteiger partial charge on any atom is -0.465 e. The number of esters is 1. The van der Waals surface area contributed by atoms with Gasteiger partial charge in [-0.1, -0.05) is 13.8 Å². The Morgan fingerprint density at radius 2 is 1.86 bits per heavy atom. The van der Waals surface area contributed by atoms with Crippen LogP contribution < -0.4 is 10.0 Å². The fourth-order valence-electron chi connectivity index (χ4n) is 1.52. The van der Waals surface area contributed by atoms with Crippen LogP contribution in [-0.4, -0.2) is 34.1 Å². The molecule has 1 aromatic carbocycles. The second-order valence-electron chi connectivity index (χ2n) is 4.93. The zero-order valence-corrected chi connectivity index (χ0v) is 13.4. The molecule has 0 saturated carbocycles. The van der Waals surface area contributed by atoms with Gasteiger partial charge < -0.3 is 10.1 Å². The van der Waals surface area contributed by atoms with Gasteiger partial charge in [-0.15, -0.1) is 0 Å². The number of sulfonamides is 1. The van der Waals surface area contributed by atoms with Gasteiger partial charge in [-0.3, -0.25) is 4.79 Å². The van der Waals surface area contributed by atoms with E-state index in [1.165, 1.54) is 12.1 Å². The van der Waals surface area contributed by atoms with Crippen LogP contribution in [-0.2, 0) is 19.6 Å². The van der Waals surface area contributed by atoms with Crippen molar-refractivity contribution >= 4 is 21.7 Å². The average Bonchev–Trinajstić information content (AvgIpc) is 2.44. The minimum atomic E-state index is -3.70. The lowest BCUT2D eigenvalue weighted by atomic mass is 10.2. The van der Waals surface area contributed by atoms with Gasteiger partial charge in [-0.25, -0.2) is 8.42 Å². The van der Waals surface area contributed by atoms with Gasteiger partial charge >= 0.3 is 5.97 Å². The van der Waals surface area contributed by atoms with Crippen LogP contribution in [0.25, 0.3) is 0 Å². The fourth-order valence-corrected chi connectivity index (χ4v) is 2.49. The zero-order chi connectivity index (χ0) is 15.9. The van der Waals surface area contributed by atoms with E-state index in [0.29, 0.717) is 5.92 Å². The molecule has 1 aromatic rings. The van der Waals surface area contributed by atoms with Crippen LogP contribution in [0.3, 0.4) is 0 Å². The number of carbonyl (C=O) groups is 1. The molecule has 0 unspecified atom stereocenters.